The first-order chi connectivity index (χ1) is 9.50. The average molecular weight is 293 g/mol. The molecule has 0 amide bonds. The van der Waals surface area contributed by atoms with Gasteiger partial charge in [-0.2, -0.15) is 0 Å². The van der Waals surface area contributed by atoms with Crippen LogP contribution in [0.15, 0.2) is 30.5 Å². The van der Waals surface area contributed by atoms with Crippen LogP contribution in [0.3, 0.4) is 0 Å². The van der Waals surface area contributed by atoms with E-state index in [1.807, 2.05) is 13.8 Å². The van der Waals surface area contributed by atoms with Crippen molar-refractivity contribution in [2.45, 2.75) is 24.9 Å². The van der Waals surface area contributed by atoms with Crippen molar-refractivity contribution < 1.29 is 14.3 Å². The number of carbonyl (C=O) groups is 1. The van der Waals surface area contributed by atoms with E-state index in [1.54, 1.807) is 24.4 Å². The van der Waals surface area contributed by atoms with Gasteiger partial charge in [0.25, 0.3) is 0 Å². The first kappa shape index (κ1) is 14.8. The fraction of sp³-hybridized carbons (Fsp3) is 0.333. The predicted molar refractivity (Wildman–Crippen MR) is 79.3 cm³/mol. The molecular formula is C15H16FNO2S. The standard InChI is InChI=1S/C15H16FNO2S/c1-9(2)14(15(18)19)20-8-10-5-6-12(16)11-4-3-7-17-13(10)11/h3-7,9,14H,8H2,1-2H3,(H,18,19). The summed E-state index contributed by atoms with van der Waals surface area (Å²) in [5.74, 6) is -0.579. The number of aromatic nitrogens is 1. The number of carboxylic acids is 1. The number of fused-ring (bicyclic) bond motifs is 1. The van der Waals surface area contributed by atoms with Crippen LogP contribution < -0.4 is 0 Å². The fourth-order valence-corrected chi connectivity index (χ4v) is 3.16. The highest BCUT2D eigenvalue weighted by atomic mass is 32.2. The van der Waals surface area contributed by atoms with Crippen molar-refractivity contribution in [2.75, 3.05) is 0 Å². The maximum absolute atomic E-state index is 13.7. The molecule has 0 saturated heterocycles. The summed E-state index contributed by atoms with van der Waals surface area (Å²) < 4.78 is 13.7. The molecule has 1 N–H and O–H groups in total. The molecule has 0 fully saturated rings. The van der Waals surface area contributed by atoms with Crippen LogP contribution in [-0.4, -0.2) is 21.3 Å². The molecule has 0 aliphatic rings. The van der Waals surface area contributed by atoms with Gasteiger partial charge in [0, 0.05) is 17.3 Å². The van der Waals surface area contributed by atoms with Gasteiger partial charge in [0.05, 0.1) is 5.52 Å². The number of halogens is 1. The lowest BCUT2D eigenvalue weighted by Gasteiger charge is -2.16. The number of thioether (sulfide) groups is 1. The van der Waals surface area contributed by atoms with Gasteiger partial charge in [0.2, 0.25) is 0 Å². The second kappa shape index (κ2) is 6.22. The van der Waals surface area contributed by atoms with E-state index in [4.69, 9.17) is 0 Å². The Morgan fingerprint density at radius 3 is 2.80 bits per heavy atom. The summed E-state index contributed by atoms with van der Waals surface area (Å²) >= 11 is 1.35. The first-order valence-corrected chi connectivity index (χ1v) is 7.42. The summed E-state index contributed by atoms with van der Waals surface area (Å²) in [4.78, 5) is 15.4. The molecule has 0 bridgehead atoms. The number of carboxylic acid groups (broad SMARTS) is 1. The van der Waals surface area contributed by atoms with E-state index in [-0.39, 0.29) is 11.7 Å². The van der Waals surface area contributed by atoms with Crippen LogP contribution in [0.1, 0.15) is 19.4 Å². The zero-order valence-electron chi connectivity index (χ0n) is 11.3. The van der Waals surface area contributed by atoms with E-state index in [0.29, 0.717) is 16.7 Å². The maximum Gasteiger partial charge on any atom is 0.316 e. The topological polar surface area (TPSA) is 50.2 Å². The molecule has 3 nitrogen and oxygen atoms in total. The zero-order chi connectivity index (χ0) is 14.7. The number of hydrogen-bond acceptors (Lipinski definition) is 3. The Kier molecular flexibility index (Phi) is 4.60. The Labute approximate surface area is 121 Å². The fourth-order valence-electron chi connectivity index (χ4n) is 2.04. The molecule has 2 rings (SSSR count). The van der Waals surface area contributed by atoms with Gasteiger partial charge in [-0.15, -0.1) is 11.8 Å². The Hall–Kier alpha value is -1.62. The molecule has 0 aliphatic carbocycles. The quantitative estimate of drug-likeness (QED) is 0.913. The van der Waals surface area contributed by atoms with Gasteiger partial charge in [0.15, 0.2) is 0 Å². The van der Waals surface area contributed by atoms with Crippen molar-refractivity contribution in [1.82, 2.24) is 4.98 Å². The number of hydrogen-bond donors (Lipinski definition) is 1. The van der Waals surface area contributed by atoms with Gasteiger partial charge >= 0.3 is 5.97 Å². The van der Waals surface area contributed by atoms with Crippen molar-refractivity contribution in [1.29, 1.82) is 0 Å². The van der Waals surface area contributed by atoms with Gasteiger partial charge in [0.1, 0.15) is 11.1 Å². The molecule has 0 radical (unpaired) electrons. The summed E-state index contributed by atoms with van der Waals surface area (Å²) in [6.45, 7) is 3.76. The molecular weight excluding hydrogens is 277 g/mol. The minimum absolute atomic E-state index is 0.0390. The molecule has 20 heavy (non-hydrogen) atoms. The van der Waals surface area contributed by atoms with E-state index < -0.39 is 11.2 Å². The van der Waals surface area contributed by atoms with E-state index in [9.17, 15) is 14.3 Å². The molecule has 1 unspecified atom stereocenters. The smallest absolute Gasteiger partial charge is 0.316 e. The molecule has 5 heteroatoms. The molecule has 1 aromatic carbocycles. The number of benzene rings is 1. The van der Waals surface area contributed by atoms with Crippen molar-refractivity contribution in [3.8, 4) is 0 Å². The van der Waals surface area contributed by atoms with Crippen LogP contribution in [0, 0.1) is 11.7 Å². The molecule has 0 aliphatic heterocycles. The normalized spacial score (nSPS) is 12.8. The van der Waals surface area contributed by atoms with Gasteiger partial charge in [-0.1, -0.05) is 19.9 Å². The van der Waals surface area contributed by atoms with Crippen LogP contribution in [0.5, 0.6) is 0 Å². The lowest BCUT2D eigenvalue weighted by atomic mass is 10.1. The maximum atomic E-state index is 13.7. The molecule has 0 spiro atoms. The van der Waals surface area contributed by atoms with Crippen molar-refractivity contribution in [3.05, 3.63) is 41.8 Å². The Bertz CT molecular complexity index is 630. The van der Waals surface area contributed by atoms with E-state index in [1.165, 1.54) is 17.8 Å². The third kappa shape index (κ3) is 3.10. The van der Waals surface area contributed by atoms with Crippen LogP contribution in [0.25, 0.3) is 10.9 Å². The van der Waals surface area contributed by atoms with Crippen molar-refractivity contribution >= 4 is 28.6 Å². The number of pyridine rings is 1. The average Bonchev–Trinajstić information content (AvgIpc) is 2.41. The van der Waals surface area contributed by atoms with E-state index >= 15 is 0 Å². The van der Waals surface area contributed by atoms with Gasteiger partial charge in [-0.25, -0.2) is 4.39 Å². The highest BCUT2D eigenvalue weighted by Gasteiger charge is 2.22. The van der Waals surface area contributed by atoms with Crippen molar-refractivity contribution in [2.24, 2.45) is 5.92 Å². The zero-order valence-corrected chi connectivity index (χ0v) is 12.2. The lowest BCUT2D eigenvalue weighted by molar-refractivity contribution is -0.137. The monoisotopic (exact) mass is 293 g/mol. The molecule has 106 valence electrons. The minimum atomic E-state index is -0.815. The lowest BCUT2D eigenvalue weighted by Crippen LogP contribution is -2.22. The van der Waals surface area contributed by atoms with Gasteiger partial charge in [-0.05, 0) is 29.7 Å². The van der Waals surface area contributed by atoms with Crippen LogP contribution in [0.2, 0.25) is 0 Å². The predicted octanol–water partition coefficient (Wildman–Crippen LogP) is 3.72. The Morgan fingerprint density at radius 2 is 2.15 bits per heavy atom. The first-order valence-electron chi connectivity index (χ1n) is 6.37. The SMILES string of the molecule is CC(C)C(SCc1ccc(F)c2cccnc12)C(=O)O. The van der Waals surface area contributed by atoms with Crippen LogP contribution in [-0.2, 0) is 10.5 Å². The second-order valence-electron chi connectivity index (χ2n) is 4.92. The molecule has 1 atom stereocenters. The van der Waals surface area contributed by atoms with E-state index in [0.717, 1.165) is 5.56 Å². The number of aliphatic carboxylic acids is 1. The second-order valence-corrected chi connectivity index (χ2v) is 6.05. The van der Waals surface area contributed by atoms with E-state index in [2.05, 4.69) is 4.98 Å². The third-order valence-corrected chi connectivity index (χ3v) is 4.65. The minimum Gasteiger partial charge on any atom is -0.480 e. The van der Waals surface area contributed by atoms with Crippen molar-refractivity contribution in [3.63, 3.8) is 0 Å². The summed E-state index contributed by atoms with van der Waals surface area (Å²) in [5, 5.41) is 9.18. The van der Waals surface area contributed by atoms with Gasteiger partial charge < -0.3 is 5.11 Å². The number of rotatable bonds is 5. The molecule has 1 heterocycles. The van der Waals surface area contributed by atoms with Crippen LogP contribution >= 0.6 is 11.8 Å². The van der Waals surface area contributed by atoms with Gasteiger partial charge in [-0.3, -0.25) is 9.78 Å². The highest BCUT2D eigenvalue weighted by Crippen LogP contribution is 2.28. The van der Waals surface area contributed by atoms with Crippen LogP contribution in [0.4, 0.5) is 4.39 Å². The number of nitrogens with zero attached hydrogens (tertiary/aromatic N) is 1. The summed E-state index contributed by atoms with van der Waals surface area (Å²) in [5.41, 5.74) is 1.46. The Morgan fingerprint density at radius 1 is 1.40 bits per heavy atom. The summed E-state index contributed by atoms with van der Waals surface area (Å²) in [6, 6.07) is 6.46. The largest absolute Gasteiger partial charge is 0.480 e. The molecule has 0 saturated carbocycles. The Balaban J connectivity index is 2.26. The molecule has 2 aromatic rings. The third-order valence-electron chi connectivity index (χ3n) is 3.07. The summed E-state index contributed by atoms with van der Waals surface area (Å²) in [7, 11) is 0. The highest BCUT2D eigenvalue weighted by molar-refractivity contribution is 7.99. The molecule has 1 aromatic heterocycles. The summed E-state index contributed by atoms with van der Waals surface area (Å²) in [6.07, 6.45) is 1.62.